The Morgan fingerprint density at radius 3 is 2.24 bits per heavy atom. The lowest BCUT2D eigenvalue weighted by molar-refractivity contribution is -0.143. The Morgan fingerprint density at radius 1 is 0.966 bits per heavy atom. The van der Waals surface area contributed by atoms with Gasteiger partial charge in [0, 0.05) is 50.5 Å². The summed E-state index contributed by atoms with van der Waals surface area (Å²) in [7, 11) is 0. The highest BCUT2D eigenvalue weighted by molar-refractivity contribution is 6.31. The van der Waals surface area contributed by atoms with E-state index in [1.54, 1.807) is 0 Å². The highest BCUT2D eigenvalue weighted by atomic mass is 35.5. The van der Waals surface area contributed by atoms with E-state index in [1.165, 1.54) is 0 Å². The number of carbonyl (C=O) groups is 1. The number of hydrogen-bond donors (Lipinski definition) is 0. The van der Waals surface area contributed by atoms with Crippen LogP contribution in [0.2, 0.25) is 5.02 Å². The first kappa shape index (κ1) is 20.4. The molecule has 0 radical (unpaired) electrons. The molecule has 29 heavy (non-hydrogen) atoms. The van der Waals surface area contributed by atoms with Gasteiger partial charge in [-0.05, 0) is 37.0 Å². The van der Waals surface area contributed by atoms with Crippen molar-refractivity contribution in [1.29, 1.82) is 0 Å². The number of rotatable bonds is 4. The maximum Gasteiger partial charge on any atom is 0.233 e. The fourth-order valence-corrected chi connectivity index (χ4v) is 5.02. The monoisotopic (exact) mass is 412 g/mol. The van der Waals surface area contributed by atoms with E-state index in [9.17, 15) is 4.79 Å². The first-order valence-corrected chi connectivity index (χ1v) is 10.9. The highest BCUT2D eigenvalue weighted by Gasteiger charge is 2.44. The zero-order valence-corrected chi connectivity index (χ0v) is 17.8. The van der Waals surface area contributed by atoms with Crippen molar-refractivity contribution in [2.24, 2.45) is 0 Å². The second kappa shape index (κ2) is 8.86. The van der Waals surface area contributed by atoms with Gasteiger partial charge < -0.3 is 9.64 Å². The molecule has 2 saturated heterocycles. The van der Waals surface area contributed by atoms with Gasteiger partial charge in [0.25, 0.3) is 0 Å². The SMILES string of the molecule is CC(c1ccccc1Cl)N1CCN(C(=O)C2(c3ccccc3)CCOCC2)CC1. The first-order valence-electron chi connectivity index (χ1n) is 10.5. The summed E-state index contributed by atoms with van der Waals surface area (Å²) in [6.07, 6.45) is 1.51. The molecule has 5 heteroatoms. The van der Waals surface area contributed by atoms with Crippen LogP contribution in [-0.2, 0) is 14.9 Å². The number of ether oxygens (including phenoxy) is 1. The van der Waals surface area contributed by atoms with Crippen LogP contribution in [0.25, 0.3) is 0 Å². The molecule has 0 bridgehead atoms. The van der Waals surface area contributed by atoms with Crippen molar-refractivity contribution in [3.63, 3.8) is 0 Å². The third-order valence-corrected chi connectivity index (χ3v) is 6.93. The molecule has 154 valence electrons. The van der Waals surface area contributed by atoms with Gasteiger partial charge in [0.15, 0.2) is 0 Å². The maximum absolute atomic E-state index is 13.7. The Morgan fingerprint density at radius 2 is 1.59 bits per heavy atom. The van der Waals surface area contributed by atoms with Crippen molar-refractivity contribution in [1.82, 2.24) is 9.80 Å². The second-order valence-electron chi connectivity index (χ2n) is 8.09. The van der Waals surface area contributed by atoms with E-state index in [4.69, 9.17) is 16.3 Å². The molecule has 2 aromatic rings. The summed E-state index contributed by atoms with van der Waals surface area (Å²) < 4.78 is 5.60. The average molecular weight is 413 g/mol. The fourth-order valence-electron chi connectivity index (χ4n) is 4.73. The zero-order chi connectivity index (χ0) is 20.3. The summed E-state index contributed by atoms with van der Waals surface area (Å²) in [5.74, 6) is 0.261. The van der Waals surface area contributed by atoms with Gasteiger partial charge in [-0.2, -0.15) is 0 Å². The first-order chi connectivity index (χ1) is 14.1. The minimum absolute atomic E-state index is 0.243. The Balaban J connectivity index is 1.47. The molecule has 0 N–H and O–H groups in total. The van der Waals surface area contributed by atoms with Gasteiger partial charge in [-0.15, -0.1) is 0 Å². The Kier molecular flexibility index (Phi) is 6.23. The van der Waals surface area contributed by atoms with Crippen molar-refractivity contribution in [2.45, 2.75) is 31.2 Å². The van der Waals surface area contributed by atoms with E-state index in [-0.39, 0.29) is 11.9 Å². The summed E-state index contributed by atoms with van der Waals surface area (Å²) in [5.41, 5.74) is 1.83. The number of nitrogens with zero attached hydrogens (tertiary/aromatic N) is 2. The number of amides is 1. The van der Waals surface area contributed by atoms with Gasteiger partial charge in [-0.1, -0.05) is 60.1 Å². The quantitative estimate of drug-likeness (QED) is 0.750. The van der Waals surface area contributed by atoms with Crippen LogP contribution in [0.5, 0.6) is 0 Å². The number of carbonyl (C=O) groups excluding carboxylic acids is 1. The Bertz CT molecular complexity index is 828. The molecule has 1 amide bonds. The second-order valence-corrected chi connectivity index (χ2v) is 8.49. The lowest BCUT2D eigenvalue weighted by Gasteiger charge is -2.44. The van der Waals surface area contributed by atoms with Gasteiger partial charge in [0.1, 0.15) is 0 Å². The van der Waals surface area contributed by atoms with Crippen molar-refractivity contribution >= 4 is 17.5 Å². The molecular formula is C24H29ClN2O2. The number of hydrogen-bond acceptors (Lipinski definition) is 3. The molecule has 2 aliphatic heterocycles. The van der Waals surface area contributed by atoms with Crippen LogP contribution >= 0.6 is 11.6 Å². The number of benzene rings is 2. The van der Waals surface area contributed by atoms with Gasteiger partial charge in [0.2, 0.25) is 5.91 Å². The smallest absolute Gasteiger partial charge is 0.233 e. The lowest BCUT2D eigenvalue weighted by Crippen LogP contribution is -2.56. The molecule has 2 aromatic carbocycles. The third-order valence-electron chi connectivity index (χ3n) is 6.59. The average Bonchev–Trinajstić information content (AvgIpc) is 2.79. The molecule has 2 aliphatic rings. The number of halogens is 1. The molecule has 0 saturated carbocycles. The molecule has 1 atom stereocenters. The predicted octanol–water partition coefficient (Wildman–Crippen LogP) is 4.29. The van der Waals surface area contributed by atoms with Crippen LogP contribution < -0.4 is 0 Å². The molecule has 1 unspecified atom stereocenters. The minimum atomic E-state index is -0.448. The molecule has 4 rings (SSSR count). The van der Waals surface area contributed by atoms with Crippen LogP contribution in [0.15, 0.2) is 54.6 Å². The molecule has 2 fully saturated rings. The summed E-state index contributed by atoms with van der Waals surface area (Å²) >= 11 is 6.40. The van der Waals surface area contributed by atoms with E-state index >= 15 is 0 Å². The van der Waals surface area contributed by atoms with Crippen LogP contribution in [-0.4, -0.2) is 55.1 Å². The summed E-state index contributed by atoms with van der Waals surface area (Å²) in [4.78, 5) is 18.2. The van der Waals surface area contributed by atoms with Crippen molar-refractivity contribution < 1.29 is 9.53 Å². The van der Waals surface area contributed by atoms with E-state index in [0.29, 0.717) is 13.2 Å². The highest BCUT2D eigenvalue weighted by Crippen LogP contribution is 2.37. The van der Waals surface area contributed by atoms with Gasteiger partial charge >= 0.3 is 0 Å². The third kappa shape index (κ3) is 4.07. The topological polar surface area (TPSA) is 32.8 Å². The van der Waals surface area contributed by atoms with Crippen molar-refractivity contribution in [3.05, 3.63) is 70.7 Å². The molecule has 2 heterocycles. The van der Waals surface area contributed by atoms with E-state index in [2.05, 4.69) is 34.9 Å². The minimum Gasteiger partial charge on any atom is -0.381 e. The molecular weight excluding hydrogens is 384 g/mol. The van der Waals surface area contributed by atoms with Gasteiger partial charge in [-0.25, -0.2) is 0 Å². The molecule has 0 aliphatic carbocycles. The number of piperazine rings is 1. The molecule has 0 spiro atoms. The van der Waals surface area contributed by atoms with E-state index in [0.717, 1.165) is 55.2 Å². The van der Waals surface area contributed by atoms with Crippen LogP contribution in [0.1, 0.15) is 36.9 Å². The van der Waals surface area contributed by atoms with Crippen LogP contribution in [0.4, 0.5) is 0 Å². The van der Waals surface area contributed by atoms with Crippen molar-refractivity contribution in [2.75, 3.05) is 39.4 Å². The molecule has 0 aromatic heterocycles. The maximum atomic E-state index is 13.7. The zero-order valence-electron chi connectivity index (χ0n) is 17.0. The predicted molar refractivity (Wildman–Crippen MR) is 116 cm³/mol. The van der Waals surface area contributed by atoms with Gasteiger partial charge in [0.05, 0.1) is 5.41 Å². The Labute approximate surface area is 178 Å². The summed E-state index contributed by atoms with van der Waals surface area (Å²) in [6.45, 7) is 6.71. The summed E-state index contributed by atoms with van der Waals surface area (Å²) in [5, 5.41) is 0.809. The molecule has 4 nitrogen and oxygen atoms in total. The summed E-state index contributed by atoms with van der Waals surface area (Å²) in [6, 6.07) is 18.5. The van der Waals surface area contributed by atoms with Gasteiger partial charge in [-0.3, -0.25) is 9.69 Å². The lowest BCUT2D eigenvalue weighted by atomic mass is 9.73. The van der Waals surface area contributed by atoms with Crippen LogP contribution in [0, 0.1) is 0 Å². The van der Waals surface area contributed by atoms with E-state index < -0.39 is 5.41 Å². The fraction of sp³-hybridized carbons (Fsp3) is 0.458. The normalized spacial score (nSPS) is 21.0. The van der Waals surface area contributed by atoms with E-state index in [1.807, 2.05) is 36.4 Å². The largest absolute Gasteiger partial charge is 0.381 e. The van der Waals surface area contributed by atoms with Crippen molar-refractivity contribution in [3.8, 4) is 0 Å². The Hall–Kier alpha value is -1.88. The van der Waals surface area contributed by atoms with Crippen LogP contribution in [0.3, 0.4) is 0 Å². The standard InChI is InChI=1S/C24H29ClN2O2/c1-19(21-9-5-6-10-22(21)25)26-13-15-27(16-14-26)23(28)24(11-17-29-18-12-24)20-7-3-2-4-8-20/h2-10,19H,11-18H2,1H3.